The number of carboxylic acids is 1. The van der Waals surface area contributed by atoms with E-state index in [1.165, 1.54) is 11.3 Å². The molecule has 0 spiro atoms. The molecule has 3 aromatic rings. The number of thiophene rings is 1. The molecule has 0 radical (unpaired) electrons. The predicted octanol–water partition coefficient (Wildman–Crippen LogP) is 4.60. The SMILES string of the molecule is CCCCN(C)c1nc(-c2ccccc2)nc2sc(C(=O)O)c(C)c12. The maximum atomic E-state index is 11.5. The molecule has 5 nitrogen and oxygen atoms in total. The van der Waals surface area contributed by atoms with Gasteiger partial charge in [-0.2, -0.15) is 0 Å². The number of aromatic carboxylic acids is 1. The van der Waals surface area contributed by atoms with Gasteiger partial charge < -0.3 is 10.0 Å². The van der Waals surface area contributed by atoms with E-state index in [2.05, 4.69) is 16.8 Å². The minimum atomic E-state index is -0.913. The quantitative estimate of drug-likeness (QED) is 0.700. The highest BCUT2D eigenvalue weighted by Crippen LogP contribution is 2.36. The van der Waals surface area contributed by atoms with Gasteiger partial charge in [0.15, 0.2) is 5.82 Å². The zero-order valence-corrected chi connectivity index (χ0v) is 15.4. The summed E-state index contributed by atoms with van der Waals surface area (Å²) in [6.07, 6.45) is 2.14. The van der Waals surface area contributed by atoms with E-state index in [1.807, 2.05) is 44.3 Å². The van der Waals surface area contributed by atoms with Gasteiger partial charge in [0, 0.05) is 19.2 Å². The number of unbranched alkanes of at least 4 members (excludes halogenated alkanes) is 1. The third kappa shape index (κ3) is 3.35. The Labute approximate surface area is 151 Å². The molecule has 1 N–H and O–H groups in total. The zero-order valence-electron chi connectivity index (χ0n) is 14.6. The van der Waals surface area contributed by atoms with Crippen molar-refractivity contribution in [2.45, 2.75) is 26.7 Å². The first-order valence-corrected chi connectivity index (χ1v) is 9.15. The smallest absolute Gasteiger partial charge is 0.346 e. The maximum Gasteiger partial charge on any atom is 0.346 e. The number of carbonyl (C=O) groups is 1. The lowest BCUT2D eigenvalue weighted by molar-refractivity contribution is 0.0701. The van der Waals surface area contributed by atoms with Crippen LogP contribution in [-0.4, -0.2) is 34.6 Å². The highest BCUT2D eigenvalue weighted by Gasteiger charge is 2.22. The summed E-state index contributed by atoms with van der Waals surface area (Å²) in [5.41, 5.74) is 1.67. The number of rotatable bonds is 6. The number of carboxylic acid groups (broad SMARTS) is 1. The third-order valence-corrected chi connectivity index (χ3v) is 5.38. The lowest BCUT2D eigenvalue weighted by Crippen LogP contribution is -2.20. The monoisotopic (exact) mass is 355 g/mol. The van der Waals surface area contributed by atoms with Crippen LogP contribution in [-0.2, 0) is 0 Å². The second-order valence-corrected chi connectivity index (χ2v) is 7.05. The summed E-state index contributed by atoms with van der Waals surface area (Å²) >= 11 is 1.22. The molecule has 1 aromatic carbocycles. The average molecular weight is 355 g/mol. The molecule has 25 heavy (non-hydrogen) atoms. The molecule has 3 rings (SSSR count). The zero-order chi connectivity index (χ0) is 18.0. The fourth-order valence-electron chi connectivity index (χ4n) is 2.82. The fourth-order valence-corrected chi connectivity index (χ4v) is 3.83. The molecule has 0 atom stereocenters. The Bertz CT molecular complexity index is 906. The van der Waals surface area contributed by atoms with Gasteiger partial charge in [-0.25, -0.2) is 14.8 Å². The molecular formula is C19H21N3O2S. The topological polar surface area (TPSA) is 66.3 Å². The first kappa shape index (κ1) is 17.4. The van der Waals surface area contributed by atoms with E-state index >= 15 is 0 Å². The van der Waals surface area contributed by atoms with Crippen LogP contribution in [0, 0.1) is 6.92 Å². The largest absolute Gasteiger partial charge is 0.477 e. The molecule has 6 heteroatoms. The van der Waals surface area contributed by atoms with Crippen LogP contribution in [0.2, 0.25) is 0 Å². The molecule has 0 saturated heterocycles. The average Bonchev–Trinajstić information content (AvgIpc) is 2.96. The normalized spacial score (nSPS) is 11.0. The Balaban J connectivity index is 2.23. The van der Waals surface area contributed by atoms with Crippen LogP contribution in [0.5, 0.6) is 0 Å². The molecule has 2 heterocycles. The van der Waals surface area contributed by atoms with Gasteiger partial charge in [-0.05, 0) is 18.9 Å². The van der Waals surface area contributed by atoms with E-state index in [4.69, 9.17) is 4.98 Å². The van der Waals surface area contributed by atoms with E-state index in [0.29, 0.717) is 10.7 Å². The Morgan fingerprint density at radius 3 is 2.60 bits per heavy atom. The van der Waals surface area contributed by atoms with Crippen LogP contribution in [0.25, 0.3) is 21.6 Å². The Hall–Kier alpha value is -2.47. The minimum Gasteiger partial charge on any atom is -0.477 e. The first-order chi connectivity index (χ1) is 12.0. The predicted molar refractivity (Wildman–Crippen MR) is 103 cm³/mol. The van der Waals surface area contributed by atoms with Crippen molar-refractivity contribution < 1.29 is 9.90 Å². The summed E-state index contributed by atoms with van der Waals surface area (Å²) in [6, 6.07) is 9.79. The molecule has 0 unspecified atom stereocenters. The fraction of sp³-hybridized carbons (Fsp3) is 0.316. The number of anilines is 1. The number of nitrogens with zero attached hydrogens (tertiary/aromatic N) is 3. The third-order valence-electron chi connectivity index (χ3n) is 4.21. The van der Waals surface area contributed by atoms with Crippen LogP contribution < -0.4 is 4.90 Å². The van der Waals surface area contributed by atoms with Crippen LogP contribution in [0.15, 0.2) is 30.3 Å². The van der Waals surface area contributed by atoms with E-state index in [-0.39, 0.29) is 0 Å². The Kier molecular flexibility index (Phi) is 4.99. The summed E-state index contributed by atoms with van der Waals surface area (Å²) in [7, 11) is 2.00. The standard InChI is InChI=1S/C19H21N3O2S/c1-4-5-11-22(3)17-14-12(2)15(19(23)24)25-18(14)21-16(20-17)13-9-7-6-8-10-13/h6-10H,4-5,11H2,1-3H3,(H,23,24). The van der Waals surface area contributed by atoms with Gasteiger partial charge in [0.25, 0.3) is 0 Å². The Morgan fingerprint density at radius 1 is 1.24 bits per heavy atom. The summed E-state index contributed by atoms with van der Waals surface area (Å²) in [4.78, 5) is 24.1. The van der Waals surface area contributed by atoms with Crippen LogP contribution in [0.4, 0.5) is 5.82 Å². The second kappa shape index (κ2) is 7.19. The van der Waals surface area contributed by atoms with Crippen molar-refractivity contribution in [1.29, 1.82) is 0 Å². The Morgan fingerprint density at radius 2 is 1.96 bits per heavy atom. The van der Waals surface area contributed by atoms with Crippen LogP contribution in [0.1, 0.15) is 35.0 Å². The van der Waals surface area contributed by atoms with Crippen LogP contribution >= 0.6 is 11.3 Å². The molecule has 2 aromatic heterocycles. The molecule has 0 saturated carbocycles. The minimum absolute atomic E-state index is 0.333. The lowest BCUT2D eigenvalue weighted by Gasteiger charge is -2.20. The van der Waals surface area contributed by atoms with E-state index in [1.54, 1.807) is 0 Å². The van der Waals surface area contributed by atoms with Crippen molar-refractivity contribution >= 4 is 33.3 Å². The van der Waals surface area contributed by atoms with Crippen molar-refractivity contribution in [3.63, 3.8) is 0 Å². The first-order valence-electron chi connectivity index (χ1n) is 8.34. The van der Waals surface area contributed by atoms with Gasteiger partial charge in [0.05, 0.1) is 5.39 Å². The highest BCUT2D eigenvalue weighted by molar-refractivity contribution is 7.20. The van der Waals surface area contributed by atoms with Gasteiger partial charge in [-0.3, -0.25) is 0 Å². The highest BCUT2D eigenvalue weighted by atomic mass is 32.1. The van der Waals surface area contributed by atoms with Gasteiger partial charge >= 0.3 is 5.97 Å². The van der Waals surface area contributed by atoms with Gasteiger partial charge in [-0.15, -0.1) is 11.3 Å². The number of hydrogen-bond donors (Lipinski definition) is 1. The van der Waals surface area contributed by atoms with Gasteiger partial charge in [0.2, 0.25) is 0 Å². The summed E-state index contributed by atoms with van der Waals surface area (Å²) in [5, 5.41) is 10.3. The summed E-state index contributed by atoms with van der Waals surface area (Å²) in [6.45, 7) is 4.86. The van der Waals surface area contributed by atoms with E-state index in [0.717, 1.165) is 46.5 Å². The molecular weight excluding hydrogens is 334 g/mol. The van der Waals surface area contributed by atoms with Gasteiger partial charge in [-0.1, -0.05) is 43.7 Å². The van der Waals surface area contributed by atoms with Crippen molar-refractivity contribution in [3.05, 3.63) is 40.8 Å². The van der Waals surface area contributed by atoms with Crippen molar-refractivity contribution in [2.24, 2.45) is 0 Å². The van der Waals surface area contributed by atoms with E-state index < -0.39 is 5.97 Å². The summed E-state index contributed by atoms with van der Waals surface area (Å²) in [5.74, 6) is 0.520. The summed E-state index contributed by atoms with van der Waals surface area (Å²) < 4.78 is 0. The maximum absolute atomic E-state index is 11.5. The number of fused-ring (bicyclic) bond motifs is 1. The number of benzene rings is 1. The molecule has 0 bridgehead atoms. The molecule has 0 aliphatic carbocycles. The molecule has 0 fully saturated rings. The number of hydrogen-bond acceptors (Lipinski definition) is 5. The molecule has 130 valence electrons. The lowest BCUT2D eigenvalue weighted by atomic mass is 10.1. The molecule has 0 aliphatic rings. The number of aryl methyl sites for hydroxylation is 1. The van der Waals surface area contributed by atoms with Crippen molar-refractivity contribution in [2.75, 3.05) is 18.5 Å². The van der Waals surface area contributed by atoms with E-state index in [9.17, 15) is 9.90 Å². The van der Waals surface area contributed by atoms with Gasteiger partial charge in [0.1, 0.15) is 15.5 Å². The van der Waals surface area contributed by atoms with Crippen LogP contribution in [0.3, 0.4) is 0 Å². The van der Waals surface area contributed by atoms with Crippen molar-refractivity contribution in [1.82, 2.24) is 9.97 Å². The van der Waals surface area contributed by atoms with Crippen molar-refractivity contribution in [3.8, 4) is 11.4 Å². The number of aromatic nitrogens is 2. The molecule has 0 amide bonds. The molecule has 0 aliphatic heterocycles. The second-order valence-electron chi connectivity index (χ2n) is 6.05.